The Morgan fingerprint density at radius 3 is 0.583 bits per heavy atom. The fourth-order valence-corrected chi connectivity index (χ4v) is 12.4. The number of carbonyl (C=O) groups is 8. The number of azide groups is 3. The number of rotatable bonds is 80. The third kappa shape index (κ3) is 76.6. The number of unbranched alkanes of at least 4 members (excludes halogenated alkanes) is 42. The molecule has 0 aliphatic heterocycles. The van der Waals surface area contributed by atoms with E-state index in [-0.39, 0.29) is 106 Å². The van der Waals surface area contributed by atoms with E-state index in [0.717, 1.165) is 96.3 Å². The van der Waals surface area contributed by atoms with Gasteiger partial charge < -0.3 is 52.8 Å². The SMILES string of the molecule is [N-]=[N+]=NCCCCCCCCCCCCCCCCCC(=O)NCCNC(=O)CCN(CCC(=O)NCCNC(=O)CCCCCCCCCCCCCCCCCN=[N+]=[N-])CCN(CCC(=O)NCCNC(=O)CCCCCCCCCCCCCCCCCN=[N+]=[N-])CCC(=O)NCC(N)=O. The summed E-state index contributed by atoms with van der Waals surface area (Å²) < 4.78 is 0. The minimum Gasteiger partial charge on any atom is -0.368 e. The van der Waals surface area contributed by atoms with Crippen LogP contribution in [0.15, 0.2) is 15.3 Å². The molecular formula is C76H145N19O8. The van der Waals surface area contributed by atoms with Crippen molar-refractivity contribution in [1.29, 1.82) is 0 Å². The van der Waals surface area contributed by atoms with Gasteiger partial charge in [-0.25, -0.2) is 0 Å². The van der Waals surface area contributed by atoms with Gasteiger partial charge in [0.2, 0.25) is 47.3 Å². The Kier molecular flexibility index (Phi) is 73.4. The molecule has 0 heterocycles. The summed E-state index contributed by atoms with van der Waals surface area (Å²) in [6.45, 7) is 5.16. The largest absolute Gasteiger partial charge is 0.368 e. The summed E-state index contributed by atoms with van der Waals surface area (Å²) in [4.78, 5) is 114. The van der Waals surface area contributed by atoms with Crippen LogP contribution in [-0.4, -0.2) is 162 Å². The second kappa shape index (κ2) is 78.2. The van der Waals surface area contributed by atoms with Crippen molar-refractivity contribution in [1.82, 2.24) is 47.0 Å². The van der Waals surface area contributed by atoms with Crippen molar-refractivity contribution in [2.24, 2.45) is 21.1 Å². The van der Waals surface area contributed by atoms with Gasteiger partial charge in [-0.05, 0) is 55.1 Å². The first-order valence-corrected chi connectivity index (χ1v) is 41.0. The van der Waals surface area contributed by atoms with E-state index < -0.39 is 5.91 Å². The van der Waals surface area contributed by atoms with E-state index in [1.165, 1.54) is 193 Å². The smallest absolute Gasteiger partial charge is 0.236 e. The normalized spacial score (nSPS) is 11.0. The van der Waals surface area contributed by atoms with Crippen molar-refractivity contribution in [2.45, 2.75) is 334 Å². The minimum atomic E-state index is -0.670. The van der Waals surface area contributed by atoms with Crippen LogP contribution in [-0.2, 0) is 38.4 Å². The van der Waals surface area contributed by atoms with E-state index in [4.69, 9.17) is 22.3 Å². The van der Waals surface area contributed by atoms with Gasteiger partial charge >= 0.3 is 0 Å². The van der Waals surface area contributed by atoms with Gasteiger partial charge in [-0.1, -0.05) is 266 Å². The molecule has 0 unspecified atom stereocenters. The molecule has 0 atom stereocenters. The first kappa shape index (κ1) is 96.6. The second-order valence-electron chi connectivity index (χ2n) is 28.0. The van der Waals surface area contributed by atoms with Crippen LogP contribution in [0.5, 0.6) is 0 Å². The number of nitrogens with zero attached hydrogens (tertiary/aromatic N) is 11. The lowest BCUT2D eigenvalue weighted by atomic mass is 10.0. The number of hydrogen-bond donors (Lipinski definition) is 8. The maximum atomic E-state index is 13.2. The molecule has 9 N–H and O–H groups in total. The number of nitrogens with two attached hydrogens (primary N) is 1. The third-order valence-corrected chi connectivity index (χ3v) is 18.8. The zero-order valence-corrected chi connectivity index (χ0v) is 64.3. The summed E-state index contributed by atoms with van der Waals surface area (Å²) in [7, 11) is 0. The number of carbonyl (C=O) groups excluding carboxylic acids is 8. The van der Waals surface area contributed by atoms with Crippen LogP contribution in [0.4, 0.5) is 0 Å². The average Bonchev–Trinajstić information content (AvgIpc) is 1.03. The van der Waals surface area contributed by atoms with Crippen molar-refractivity contribution in [3.8, 4) is 0 Å². The van der Waals surface area contributed by atoms with Crippen LogP contribution in [0, 0.1) is 0 Å². The highest BCUT2D eigenvalue weighted by Crippen LogP contribution is 2.18. The molecule has 0 saturated heterocycles. The van der Waals surface area contributed by atoms with Crippen molar-refractivity contribution in [2.75, 3.05) is 105 Å². The zero-order valence-electron chi connectivity index (χ0n) is 64.3. The summed E-state index contributed by atoms with van der Waals surface area (Å²) in [5.74, 6) is -1.80. The van der Waals surface area contributed by atoms with E-state index in [0.29, 0.717) is 84.7 Å². The van der Waals surface area contributed by atoms with E-state index in [1.54, 1.807) is 0 Å². The van der Waals surface area contributed by atoms with Crippen molar-refractivity contribution in [3.63, 3.8) is 0 Å². The standard InChI is InChI=1S/C76H145N19O8/c77-69(96)68-87-76(103)52-65-95(64-51-75(102)86-61-58-83-72(99)48-42-36-30-24-18-12-6-3-9-15-21-27-33-39-45-55-90-93-80)67-66-94(62-49-73(100)84-59-56-81-70(97)46-40-34-28-22-16-10-4-1-7-13-19-25-31-37-43-53-88-91-78)63-50-74(101)85-60-57-82-71(98)47-41-35-29-23-17-11-5-2-8-14-20-26-32-38-44-54-89-92-79/h1-68H2,(H2,77,96)(H,81,97)(H,82,98)(H,83,99)(H,84,100)(H,85,101)(H,86,102)(H,87,103). The first-order chi connectivity index (χ1) is 50.4. The summed E-state index contributed by atoms with van der Waals surface area (Å²) in [5, 5.41) is 30.7. The Balaban J connectivity index is 5.04. The fourth-order valence-electron chi connectivity index (χ4n) is 12.4. The Hall–Kier alpha value is -6.39. The highest BCUT2D eigenvalue weighted by molar-refractivity contribution is 5.83. The zero-order chi connectivity index (χ0) is 75.0. The number of hydrogen-bond acceptors (Lipinski definition) is 13. The highest BCUT2D eigenvalue weighted by Gasteiger charge is 2.17. The summed E-state index contributed by atoms with van der Waals surface area (Å²) in [5.41, 5.74) is 30.3. The maximum Gasteiger partial charge on any atom is 0.236 e. The molecule has 0 radical (unpaired) electrons. The predicted octanol–water partition coefficient (Wildman–Crippen LogP) is 15.1. The van der Waals surface area contributed by atoms with E-state index >= 15 is 0 Å². The average molecular weight is 1450 g/mol. The Morgan fingerprint density at radius 1 is 0.233 bits per heavy atom. The van der Waals surface area contributed by atoms with Crippen molar-refractivity contribution in [3.05, 3.63) is 31.3 Å². The van der Waals surface area contributed by atoms with Gasteiger partial charge in [-0.15, -0.1) is 0 Å². The van der Waals surface area contributed by atoms with Gasteiger partial charge in [0.05, 0.1) is 6.54 Å². The minimum absolute atomic E-state index is 0.0328. The van der Waals surface area contributed by atoms with Crippen LogP contribution >= 0.6 is 0 Å². The molecule has 27 heteroatoms. The molecule has 0 saturated carbocycles. The molecule has 103 heavy (non-hydrogen) atoms. The number of primary amides is 1. The van der Waals surface area contributed by atoms with Gasteiger partial charge in [0.1, 0.15) is 0 Å². The molecule has 0 aromatic carbocycles. The lowest BCUT2D eigenvalue weighted by Gasteiger charge is -2.27. The number of nitrogens with one attached hydrogen (secondary N) is 7. The Bertz CT molecular complexity index is 2180. The van der Waals surface area contributed by atoms with Crippen LogP contribution in [0.1, 0.15) is 334 Å². The molecule has 0 aromatic rings. The first-order valence-electron chi connectivity index (χ1n) is 41.0. The lowest BCUT2D eigenvalue weighted by molar-refractivity contribution is -0.125. The topological polar surface area (TPSA) is 400 Å². The predicted molar refractivity (Wildman–Crippen MR) is 415 cm³/mol. The van der Waals surface area contributed by atoms with Gasteiger partial charge in [0.25, 0.3) is 0 Å². The molecule has 0 aliphatic carbocycles. The monoisotopic (exact) mass is 1450 g/mol. The molecule has 27 nitrogen and oxygen atoms in total. The van der Waals surface area contributed by atoms with Gasteiger partial charge in [-0.2, -0.15) is 0 Å². The molecular weight excluding hydrogens is 1310 g/mol. The van der Waals surface area contributed by atoms with Crippen molar-refractivity contribution < 1.29 is 38.4 Å². The highest BCUT2D eigenvalue weighted by atomic mass is 16.2. The van der Waals surface area contributed by atoms with Gasteiger partial charge in [-0.3, -0.25) is 38.4 Å². The molecule has 0 aliphatic rings. The van der Waals surface area contributed by atoms with E-state index in [9.17, 15) is 38.4 Å². The quantitative estimate of drug-likeness (QED) is 0.0123. The van der Waals surface area contributed by atoms with Crippen LogP contribution < -0.4 is 43.0 Å². The Labute approximate surface area is 621 Å². The number of amides is 8. The third-order valence-electron chi connectivity index (χ3n) is 18.8. The van der Waals surface area contributed by atoms with Crippen LogP contribution in [0.2, 0.25) is 0 Å². The maximum absolute atomic E-state index is 13.2. The molecule has 0 fully saturated rings. The summed E-state index contributed by atoms with van der Waals surface area (Å²) in [6, 6.07) is 0. The summed E-state index contributed by atoms with van der Waals surface area (Å²) in [6.07, 6.45) is 54.6. The molecule has 0 rings (SSSR count). The molecule has 592 valence electrons. The van der Waals surface area contributed by atoms with E-state index in [1.807, 2.05) is 9.80 Å². The molecule has 0 spiro atoms. The van der Waals surface area contributed by atoms with Crippen LogP contribution in [0.25, 0.3) is 31.3 Å². The summed E-state index contributed by atoms with van der Waals surface area (Å²) >= 11 is 0. The second-order valence-corrected chi connectivity index (χ2v) is 28.0. The fraction of sp³-hybridized carbons (Fsp3) is 0.895. The Morgan fingerprint density at radius 2 is 0.398 bits per heavy atom. The molecule has 0 bridgehead atoms. The van der Waals surface area contributed by atoms with E-state index in [2.05, 4.69) is 67.3 Å². The van der Waals surface area contributed by atoms with Crippen molar-refractivity contribution >= 4 is 47.3 Å². The molecule has 8 amide bonds. The van der Waals surface area contributed by atoms with Gasteiger partial charge in [0, 0.05) is 158 Å². The van der Waals surface area contributed by atoms with Gasteiger partial charge in [0.15, 0.2) is 0 Å². The van der Waals surface area contributed by atoms with Crippen LogP contribution in [0.3, 0.4) is 0 Å². The molecule has 0 aromatic heterocycles. The lowest BCUT2D eigenvalue weighted by Crippen LogP contribution is -2.42.